The van der Waals surface area contributed by atoms with Crippen molar-refractivity contribution < 1.29 is 14.2 Å². The Morgan fingerprint density at radius 1 is 1.19 bits per heavy atom. The topological polar surface area (TPSA) is 54.4 Å². The lowest BCUT2D eigenvalue weighted by Crippen LogP contribution is -2.31. The second kappa shape index (κ2) is 8.69. The number of benzene rings is 2. The fraction of sp³-hybridized carbons (Fsp3) is 0.240. The van der Waals surface area contributed by atoms with Gasteiger partial charge in [0, 0.05) is 29.1 Å². The fourth-order valence-electron chi connectivity index (χ4n) is 3.92. The van der Waals surface area contributed by atoms with E-state index in [0.717, 1.165) is 33.3 Å². The zero-order chi connectivity index (χ0) is 22.1. The summed E-state index contributed by atoms with van der Waals surface area (Å²) in [5.41, 5.74) is 4.98. The molecule has 0 spiro atoms. The molecule has 0 saturated carbocycles. The number of hydrogen-bond donors (Lipinski definition) is 2. The van der Waals surface area contributed by atoms with Crippen molar-refractivity contribution in [2.75, 3.05) is 7.11 Å². The highest BCUT2D eigenvalue weighted by Gasteiger charge is 2.22. The van der Waals surface area contributed by atoms with Crippen molar-refractivity contribution in [3.8, 4) is 5.88 Å². The average molecular weight is 439 g/mol. The van der Waals surface area contributed by atoms with Crippen LogP contribution in [0.4, 0.5) is 4.39 Å². The minimum atomic E-state index is -0.769. The standard InChI is InChI=1S/C25H24ClFN2O2/c1-14-4-10-19(15(2)28-14)24(30)17-7-11-22-20(13-17)23(26)21(25(29-22)31-3)12-16-5-8-18(27)9-6-16/h4-11,13,15,24,28,30H,12H2,1-3H3. The maximum Gasteiger partial charge on any atom is 0.218 e. The molecule has 2 heterocycles. The van der Waals surface area contributed by atoms with E-state index in [1.54, 1.807) is 19.2 Å². The Labute approximate surface area is 186 Å². The van der Waals surface area contributed by atoms with Crippen LogP contribution in [0.15, 0.2) is 65.9 Å². The largest absolute Gasteiger partial charge is 0.481 e. The van der Waals surface area contributed by atoms with Crippen LogP contribution in [0, 0.1) is 5.82 Å². The second-order valence-electron chi connectivity index (χ2n) is 7.78. The molecule has 3 aromatic rings. The maximum absolute atomic E-state index is 13.3. The van der Waals surface area contributed by atoms with Crippen LogP contribution in [0.1, 0.15) is 36.6 Å². The van der Waals surface area contributed by atoms with Crippen LogP contribution in [0.5, 0.6) is 5.88 Å². The summed E-state index contributed by atoms with van der Waals surface area (Å²) >= 11 is 6.80. The van der Waals surface area contributed by atoms with Crippen molar-refractivity contribution in [2.24, 2.45) is 0 Å². The Balaban J connectivity index is 1.76. The zero-order valence-electron chi connectivity index (χ0n) is 17.6. The van der Waals surface area contributed by atoms with Gasteiger partial charge in [0.05, 0.1) is 17.6 Å². The van der Waals surface area contributed by atoms with Crippen LogP contribution in [0.25, 0.3) is 10.9 Å². The molecule has 6 heteroatoms. The molecular weight excluding hydrogens is 415 g/mol. The first-order valence-corrected chi connectivity index (χ1v) is 10.5. The summed E-state index contributed by atoms with van der Waals surface area (Å²) in [7, 11) is 1.55. The lowest BCUT2D eigenvalue weighted by atomic mass is 9.92. The number of dihydropyridines is 1. The summed E-state index contributed by atoms with van der Waals surface area (Å²) in [5.74, 6) is 0.145. The summed E-state index contributed by atoms with van der Waals surface area (Å²) < 4.78 is 18.8. The molecule has 0 radical (unpaired) electrons. The SMILES string of the molecule is COc1nc2ccc(C(O)C3=CC=C(C)NC3C)cc2c(Cl)c1Cc1ccc(F)cc1. The minimum Gasteiger partial charge on any atom is -0.481 e. The van der Waals surface area contributed by atoms with Crippen molar-refractivity contribution in [2.45, 2.75) is 32.4 Å². The number of rotatable bonds is 5. The first-order chi connectivity index (χ1) is 14.9. The Morgan fingerprint density at radius 3 is 2.61 bits per heavy atom. The number of fused-ring (bicyclic) bond motifs is 1. The van der Waals surface area contributed by atoms with Gasteiger partial charge < -0.3 is 15.2 Å². The normalized spacial score (nSPS) is 17.0. The number of aliphatic hydroxyl groups excluding tert-OH is 1. The van der Waals surface area contributed by atoms with Crippen LogP contribution in [0.3, 0.4) is 0 Å². The van der Waals surface area contributed by atoms with Gasteiger partial charge >= 0.3 is 0 Å². The smallest absolute Gasteiger partial charge is 0.218 e. The molecule has 0 saturated heterocycles. The molecule has 4 rings (SSSR count). The van der Waals surface area contributed by atoms with Crippen molar-refractivity contribution in [1.29, 1.82) is 0 Å². The molecule has 0 aliphatic carbocycles. The van der Waals surface area contributed by atoms with E-state index in [0.29, 0.717) is 22.8 Å². The van der Waals surface area contributed by atoms with Crippen LogP contribution in [-0.2, 0) is 6.42 Å². The Kier molecular flexibility index (Phi) is 5.99. The number of ether oxygens (including phenoxy) is 1. The number of pyridine rings is 1. The predicted octanol–water partition coefficient (Wildman–Crippen LogP) is 5.48. The lowest BCUT2D eigenvalue weighted by molar-refractivity contribution is 0.206. The molecule has 31 heavy (non-hydrogen) atoms. The van der Waals surface area contributed by atoms with Gasteiger partial charge in [-0.1, -0.05) is 35.9 Å². The van der Waals surface area contributed by atoms with E-state index >= 15 is 0 Å². The summed E-state index contributed by atoms with van der Waals surface area (Å²) in [6, 6.07) is 11.9. The average Bonchev–Trinajstić information content (AvgIpc) is 2.76. The fourth-order valence-corrected chi connectivity index (χ4v) is 4.22. The molecule has 0 fully saturated rings. The van der Waals surface area contributed by atoms with Crippen LogP contribution >= 0.6 is 11.6 Å². The van der Waals surface area contributed by atoms with E-state index in [-0.39, 0.29) is 11.9 Å². The number of hydrogen-bond acceptors (Lipinski definition) is 4. The van der Waals surface area contributed by atoms with E-state index in [2.05, 4.69) is 10.3 Å². The van der Waals surface area contributed by atoms with Gasteiger partial charge in [0.2, 0.25) is 5.88 Å². The summed E-state index contributed by atoms with van der Waals surface area (Å²) in [4.78, 5) is 4.61. The van der Waals surface area contributed by atoms with Gasteiger partial charge in [0.1, 0.15) is 11.9 Å². The van der Waals surface area contributed by atoms with E-state index in [4.69, 9.17) is 16.3 Å². The lowest BCUT2D eigenvalue weighted by Gasteiger charge is -2.26. The van der Waals surface area contributed by atoms with Crippen molar-refractivity contribution >= 4 is 22.5 Å². The molecule has 4 nitrogen and oxygen atoms in total. The summed E-state index contributed by atoms with van der Waals surface area (Å²) in [5, 5.41) is 15.6. The van der Waals surface area contributed by atoms with Crippen LogP contribution in [-0.4, -0.2) is 23.2 Å². The van der Waals surface area contributed by atoms with Gasteiger partial charge in [0.15, 0.2) is 0 Å². The quantitative estimate of drug-likeness (QED) is 0.553. The monoisotopic (exact) mass is 438 g/mol. The summed E-state index contributed by atoms with van der Waals surface area (Å²) in [6.07, 6.45) is 3.60. The highest BCUT2D eigenvalue weighted by molar-refractivity contribution is 6.36. The summed E-state index contributed by atoms with van der Waals surface area (Å²) in [6.45, 7) is 4.01. The predicted molar refractivity (Wildman–Crippen MR) is 122 cm³/mol. The van der Waals surface area contributed by atoms with Gasteiger partial charge in [-0.05, 0) is 60.9 Å². The Bertz CT molecular complexity index is 1190. The molecule has 0 bridgehead atoms. The number of methoxy groups -OCH3 is 1. The molecule has 1 aliphatic heterocycles. The molecular formula is C25H24ClFN2O2. The molecule has 2 unspecified atom stereocenters. The van der Waals surface area contributed by atoms with Crippen molar-refractivity contribution in [3.05, 3.63) is 93.4 Å². The number of aliphatic hydroxyl groups is 1. The Hall–Kier alpha value is -2.89. The number of nitrogens with zero attached hydrogens (tertiary/aromatic N) is 1. The van der Waals surface area contributed by atoms with Crippen LogP contribution in [0.2, 0.25) is 5.02 Å². The number of halogens is 2. The van der Waals surface area contributed by atoms with Gasteiger partial charge in [0.25, 0.3) is 0 Å². The third-order valence-electron chi connectivity index (χ3n) is 5.59. The first-order valence-electron chi connectivity index (χ1n) is 10.1. The third-order valence-corrected chi connectivity index (χ3v) is 6.02. The van der Waals surface area contributed by atoms with Gasteiger partial charge in [-0.2, -0.15) is 0 Å². The van der Waals surface area contributed by atoms with Gasteiger partial charge in [-0.15, -0.1) is 0 Å². The molecule has 2 aromatic carbocycles. The third kappa shape index (κ3) is 4.29. The van der Waals surface area contributed by atoms with E-state index in [1.165, 1.54) is 12.1 Å². The molecule has 160 valence electrons. The maximum atomic E-state index is 13.3. The minimum absolute atomic E-state index is 0.0224. The van der Waals surface area contributed by atoms with Crippen molar-refractivity contribution in [1.82, 2.24) is 10.3 Å². The number of aromatic nitrogens is 1. The molecule has 1 aliphatic rings. The van der Waals surface area contributed by atoms with Gasteiger partial charge in [-0.25, -0.2) is 9.37 Å². The molecule has 0 amide bonds. The zero-order valence-corrected chi connectivity index (χ0v) is 18.4. The van der Waals surface area contributed by atoms with E-state index in [9.17, 15) is 9.50 Å². The molecule has 2 atom stereocenters. The number of allylic oxidation sites excluding steroid dienone is 3. The highest BCUT2D eigenvalue weighted by Crippen LogP contribution is 2.36. The van der Waals surface area contributed by atoms with Gasteiger partial charge in [-0.3, -0.25) is 0 Å². The molecule has 2 N–H and O–H groups in total. The number of nitrogens with one attached hydrogen (secondary N) is 1. The second-order valence-corrected chi connectivity index (χ2v) is 8.16. The first kappa shape index (κ1) is 21.3. The van der Waals surface area contributed by atoms with E-state index < -0.39 is 6.10 Å². The van der Waals surface area contributed by atoms with Crippen LogP contribution < -0.4 is 10.1 Å². The molecule has 1 aromatic heterocycles. The Morgan fingerprint density at radius 2 is 1.94 bits per heavy atom. The highest BCUT2D eigenvalue weighted by atomic mass is 35.5. The van der Waals surface area contributed by atoms with Crippen molar-refractivity contribution in [3.63, 3.8) is 0 Å². The van der Waals surface area contributed by atoms with E-state index in [1.807, 2.05) is 44.2 Å².